The summed E-state index contributed by atoms with van der Waals surface area (Å²) in [6, 6.07) is 6.79. The van der Waals surface area contributed by atoms with Crippen molar-refractivity contribution in [1.29, 1.82) is 0 Å². The predicted molar refractivity (Wildman–Crippen MR) is 105 cm³/mol. The van der Waals surface area contributed by atoms with Gasteiger partial charge < -0.3 is 19.8 Å². The Balaban J connectivity index is 1.89. The smallest absolute Gasteiger partial charge is 0.288 e. The molecule has 29 heavy (non-hydrogen) atoms. The number of unbranched alkanes of at least 4 members (excludes halogenated alkanes) is 2. The molecule has 158 valence electrons. The van der Waals surface area contributed by atoms with Gasteiger partial charge in [-0.1, -0.05) is 26.2 Å². The van der Waals surface area contributed by atoms with Crippen LogP contribution in [0.1, 0.15) is 43.2 Å². The fourth-order valence-corrected chi connectivity index (χ4v) is 2.92. The molecule has 3 N–H and O–H groups in total. The molecular formula is C20H27N3O6. The van der Waals surface area contributed by atoms with Crippen LogP contribution in [0.5, 0.6) is 5.75 Å². The normalized spacial score (nSPS) is 11.7. The first-order valence-electron chi connectivity index (χ1n) is 9.52. The number of hydrogen-bond acceptors (Lipinski definition) is 6. The van der Waals surface area contributed by atoms with Crippen molar-refractivity contribution in [3.63, 3.8) is 0 Å². The quantitative estimate of drug-likeness (QED) is 0.164. The molecule has 0 unspecified atom stereocenters. The highest BCUT2D eigenvalue weighted by Gasteiger charge is 2.21. The van der Waals surface area contributed by atoms with E-state index in [0.29, 0.717) is 22.8 Å². The molecule has 9 nitrogen and oxygen atoms in total. The van der Waals surface area contributed by atoms with E-state index in [4.69, 9.17) is 9.15 Å². The second kappa shape index (κ2) is 11.1. The Morgan fingerprint density at radius 1 is 1.28 bits per heavy atom. The van der Waals surface area contributed by atoms with Gasteiger partial charge in [0.1, 0.15) is 11.3 Å². The molecule has 0 radical (unpaired) electrons. The zero-order valence-electron chi connectivity index (χ0n) is 16.6. The lowest BCUT2D eigenvalue weighted by Crippen LogP contribution is -2.42. The molecule has 0 fully saturated rings. The van der Waals surface area contributed by atoms with Crippen molar-refractivity contribution in [3.8, 4) is 5.75 Å². The first-order valence-corrected chi connectivity index (χ1v) is 9.52. The Morgan fingerprint density at radius 3 is 2.76 bits per heavy atom. The van der Waals surface area contributed by atoms with Gasteiger partial charge in [-0.05, 0) is 30.7 Å². The summed E-state index contributed by atoms with van der Waals surface area (Å²) in [6.07, 6.45) is 3.53. The second-order valence-electron chi connectivity index (χ2n) is 6.66. The average Bonchev–Trinajstić information content (AvgIpc) is 3.16. The summed E-state index contributed by atoms with van der Waals surface area (Å²) in [5.74, 6) is -0.618. The molecule has 0 bridgehead atoms. The molecule has 1 aromatic carbocycles. The molecule has 3 amide bonds. The highest BCUT2D eigenvalue weighted by Crippen LogP contribution is 2.24. The van der Waals surface area contributed by atoms with Crippen LogP contribution in [-0.4, -0.2) is 48.8 Å². The number of hydrogen-bond donors (Lipinski definition) is 3. The summed E-state index contributed by atoms with van der Waals surface area (Å²) in [4.78, 5) is 35.3. The van der Waals surface area contributed by atoms with Gasteiger partial charge in [0, 0.05) is 5.39 Å². The van der Waals surface area contributed by atoms with Crippen molar-refractivity contribution in [2.45, 2.75) is 32.6 Å². The highest BCUT2D eigenvalue weighted by molar-refractivity contribution is 5.96. The molecule has 2 aromatic rings. The molecule has 1 aromatic heterocycles. The minimum atomic E-state index is -0.563. The standard InChI is InChI=1S/C20H27N3O6/c1-3-4-5-6-14(11-23(27)13-24)19(25)21-12-22-20(26)18-10-15-9-16(28-2)7-8-17(15)29-18/h7-10,13-14,27H,3-6,11-12H2,1-2H3,(H,21,25)(H,22,26)/t14-/m1/s1. The van der Waals surface area contributed by atoms with Crippen LogP contribution in [0, 0.1) is 5.92 Å². The molecule has 1 heterocycles. The summed E-state index contributed by atoms with van der Waals surface area (Å²) >= 11 is 0. The Kier molecular flexibility index (Phi) is 8.47. The molecule has 0 aliphatic heterocycles. The molecule has 2 rings (SSSR count). The van der Waals surface area contributed by atoms with Crippen LogP contribution in [0.25, 0.3) is 11.0 Å². The van der Waals surface area contributed by atoms with E-state index in [1.165, 1.54) is 0 Å². The molecule has 0 saturated heterocycles. The van der Waals surface area contributed by atoms with Gasteiger partial charge in [0.05, 0.1) is 26.2 Å². The number of fused-ring (bicyclic) bond motifs is 1. The first kappa shape index (κ1) is 22.2. The number of ether oxygens (including phenoxy) is 1. The second-order valence-corrected chi connectivity index (χ2v) is 6.66. The maximum Gasteiger partial charge on any atom is 0.288 e. The van der Waals surface area contributed by atoms with Gasteiger partial charge in [0.2, 0.25) is 12.3 Å². The predicted octanol–water partition coefficient (Wildman–Crippen LogP) is 2.29. The maximum atomic E-state index is 12.4. The van der Waals surface area contributed by atoms with E-state index in [1.54, 1.807) is 31.4 Å². The van der Waals surface area contributed by atoms with Crippen LogP contribution in [-0.2, 0) is 9.59 Å². The van der Waals surface area contributed by atoms with E-state index < -0.39 is 11.8 Å². The summed E-state index contributed by atoms with van der Waals surface area (Å²) in [6.45, 7) is 1.84. The molecule has 0 aliphatic rings. The Morgan fingerprint density at radius 2 is 2.07 bits per heavy atom. The number of amides is 3. The number of carbonyl (C=O) groups is 3. The largest absolute Gasteiger partial charge is 0.497 e. The zero-order valence-corrected chi connectivity index (χ0v) is 16.6. The van der Waals surface area contributed by atoms with Crippen LogP contribution < -0.4 is 15.4 Å². The topological polar surface area (TPSA) is 121 Å². The molecule has 9 heteroatoms. The van der Waals surface area contributed by atoms with E-state index in [9.17, 15) is 19.6 Å². The molecule has 0 saturated carbocycles. The lowest BCUT2D eigenvalue weighted by molar-refractivity contribution is -0.154. The van der Waals surface area contributed by atoms with Gasteiger partial charge in [0.25, 0.3) is 5.91 Å². The van der Waals surface area contributed by atoms with Crippen molar-refractivity contribution < 1.29 is 28.7 Å². The van der Waals surface area contributed by atoms with Crippen LogP contribution >= 0.6 is 0 Å². The highest BCUT2D eigenvalue weighted by atomic mass is 16.5. The third-order valence-electron chi connectivity index (χ3n) is 4.51. The minimum Gasteiger partial charge on any atom is -0.497 e. The van der Waals surface area contributed by atoms with Crippen LogP contribution in [0.3, 0.4) is 0 Å². The number of rotatable bonds is 12. The van der Waals surface area contributed by atoms with Crippen molar-refractivity contribution in [3.05, 3.63) is 30.0 Å². The van der Waals surface area contributed by atoms with Gasteiger partial charge >= 0.3 is 0 Å². The lowest BCUT2D eigenvalue weighted by Gasteiger charge is -2.19. The number of nitrogens with zero attached hydrogens (tertiary/aromatic N) is 1. The number of nitrogens with one attached hydrogen (secondary N) is 2. The van der Waals surface area contributed by atoms with Gasteiger partial charge in [-0.15, -0.1) is 0 Å². The van der Waals surface area contributed by atoms with E-state index in [2.05, 4.69) is 10.6 Å². The fourth-order valence-electron chi connectivity index (χ4n) is 2.92. The van der Waals surface area contributed by atoms with Crippen LogP contribution in [0.2, 0.25) is 0 Å². The van der Waals surface area contributed by atoms with Gasteiger partial charge in [-0.2, -0.15) is 0 Å². The van der Waals surface area contributed by atoms with Crippen LogP contribution in [0.4, 0.5) is 0 Å². The molecule has 0 aliphatic carbocycles. The Bertz CT molecular complexity index is 835. The van der Waals surface area contributed by atoms with Crippen LogP contribution in [0.15, 0.2) is 28.7 Å². The van der Waals surface area contributed by atoms with Gasteiger partial charge in [-0.25, -0.2) is 5.06 Å². The summed E-state index contributed by atoms with van der Waals surface area (Å²) < 4.78 is 10.7. The summed E-state index contributed by atoms with van der Waals surface area (Å²) in [5, 5.41) is 15.8. The van der Waals surface area contributed by atoms with E-state index >= 15 is 0 Å². The van der Waals surface area contributed by atoms with E-state index in [0.717, 1.165) is 24.6 Å². The zero-order chi connectivity index (χ0) is 21.2. The van der Waals surface area contributed by atoms with E-state index in [1.807, 2.05) is 6.92 Å². The first-order chi connectivity index (χ1) is 14.0. The third kappa shape index (κ3) is 6.49. The van der Waals surface area contributed by atoms with Crippen molar-refractivity contribution in [1.82, 2.24) is 15.7 Å². The maximum absolute atomic E-state index is 12.4. The Labute approximate surface area is 168 Å². The lowest BCUT2D eigenvalue weighted by atomic mass is 10.0. The monoisotopic (exact) mass is 405 g/mol. The number of hydroxylamine groups is 2. The molecular weight excluding hydrogens is 378 g/mol. The SMILES string of the molecule is CCCCC[C@H](CN(O)C=O)C(=O)NCNC(=O)c1cc2cc(OC)ccc2o1. The van der Waals surface area contributed by atoms with Gasteiger partial charge in [-0.3, -0.25) is 19.6 Å². The average molecular weight is 405 g/mol. The molecule has 1 atom stereocenters. The number of methoxy groups -OCH3 is 1. The van der Waals surface area contributed by atoms with Crippen molar-refractivity contribution >= 4 is 29.2 Å². The summed E-state index contributed by atoms with van der Waals surface area (Å²) in [7, 11) is 1.55. The third-order valence-corrected chi connectivity index (χ3v) is 4.51. The van der Waals surface area contributed by atoms with Crippen molar-refractivity contribution in [2.24, 2.45) is 5.92 Å². The van der Waals surface area contributed by atoms with E-state index in [-0.39, 0.29) is 31.3 Å². The Hall–Kier alpha value is -3.07. The number of carbonyl (C=O) groups excluding carboxylic acids is 3. The number of furan rings is 1. The van der Waals surface area contributed by atoms with Gasteiger partial charge in [0.15, 0.2) is 5.76 Å². The molecule has 0 spiro atoms. The fraction of sp³-hybridized carbons (Fsp3) is 0.450. The van der Waals surface area contributed by atoms with Crippen molar-refractivity contribution in [2.75, 3.05) is 20.3 Å². The minimum absolute atomic E-state index is 0.0988. The summed E-state index contributed by atoms with van der Waals surface area (Å²) in [5.41, 5.74) is 0.549. The number of benzene rings is 1.